The highest BCUT2D eigenvalue weighted by molar-refractivity contribution is 9.10. The fourth-order valence-corrected chi connectivity index (χ4v) is 2.15. The first-order valence-corrected chi connectivity index (χ1v) is 7.62. The molecule has 0 amide bonds. The molecule has 110 valence electrons. The van der Waals surface area contributed by atoms with Crippen molar-refractivity contribution in [1.82, 2.24) is 4.98 Å². The Morgan fingerprint density at radius 2 is 2.00 bits per heavy atom. The van der Waals surface area contributed by atoms with Crippen LogP contribution in [0.3, 0.4) is 0 Å². The van der Waals surface area contributed by atoms with E-state index in [1.165, 1.54) is 0 Å². The Balaban J connectivity index is 1.68. The molecule has 1 heterocycles. The Hall–Kier alpha value is -1.75. The average Bonchev–Trinajstić information content (AvgIpc) is 3.31. The van der Waals surface area contributed by atoms with E-state index in [0.717, 1.165) is 28.6 Å². The van der Waals surface area contributed by atoms with Crippen LogP contribution in [-0.4, -0.2) is 18.2 Å². The van der Waals surface area contributed by atoms with Gasteiger partial charge in [0, 0.05) is 16.7 Å². The first kappa shape index (κ1) is 14.2. The van der Waals surface area contributed by atoms with Gasteiger partial charge in [-0.05, 0) is 46.5 Å². The lowest BCUT2D eigenvalue weighted by atomic mass is 10.2. The lowest BCUT2D eigenvalue weighted by Gasteiger charge is -2.12. The fourth-order valence-electron chi connectivity index (χ4n) is 1.84. The van der Waals surface area contributed by atoms with Gasteiger partial charge in [0.25, 0.3) is 5.88 Å². The third kappa shape index (κ3) is 3.88. The molecule has 1 aromatic heterocycles. The molecule has 0 aliphatic heterocycles. The van der Waals surface area contributed by atoms with Crippen molar-refractivity contribution in [2.45, 2.75) is 25.6 Å². The van der Waals surface area contributed by atoms with E-state index in [0.29, 0.717) is 24.3 Å². The topological polar surface area (TPSA) is 40.6 Å². The van der Waals surface area contributed by atoms with Gasteiger partial charge in [0.2, 0.25) is 0 Å². The summed E-state index contributed by atoms with van der Waals surface area (Å²) in [6.07, 6.45) is 4.22. The molecule has 1 aliphatic carbocycles. The molecule has 1 fully saturated rings. The molecule has 21 heavy (non-hydrogen) atoms. The summed E-state index contributed by atoms with van der Waals surface area (Å²) in [5.74, 6) is 2.06. The van der Waals surface area contributed by atoms with Gasteiger partial charge in [-0.15, -0.1) is 0 Å². The van der Waals surface area contributed by atoms with E-state index in [2.05, 4.69) is 20.9 Å². The number of aromatic nitrogens is 1. The minimum Gasteiger partial charge on any atom is -0.497 e. The highest BCUT2D eigenvalue weighted by Gasteiger charge is 2.25. The maximum atomic E-state index is 5.82. The fraction of sp³-hybridized carbons (Fsp3) is 0.312. The van der Waals surface area contributed by atoms with Gasteiger partial charge < -0.3 is 14.2 Å². The van der Waals surface area contributed by atoms with Crippen LogP contribution in [0.1, 0.15) is 18.4 Å². The summed E-state index contributed by atoms with van der Waals surface area (Å²) in [7, 11) is 1.65. The minimum atomic E-state index is 0.310. The maximum absolute atomic E-state index is 5.82. The van der Waals surface area contributed by atoms with Crippen molar-refractivity contribution in [3.63, 3.8) is 0 Å². The number of methoxy groups -OCH3 is 1. The lowest BCUT2D eigenvalue weighted by Crippen LogP contribution is -2.03. The van der Waals surface area contributed by atoms with Crippen molar-refractivity contribution in [1.29, 1.82) is 0 Å². The third-order valence-corrected chi connectivity index (χ3v) is 3.57. The summed E-state index contributed by atoms with van der Waals surface area (Å²) in [5.41, 5.74) is 1.05. The molecule has 0 bridgehead atoms. The van der Waals surface area contributed by atoms with Crippen LogP contribution in [0.2, 0.25) is 0 Å². The molecule has 4 nitrogen and oxygen atoms in total. The highest BCUT2D eigenvalue weighted by Crippen LogP contribution is 2.34. The van der Waals surface area contributed by atoms with Crippen LogP contribution in [0.4, 0.5) is 0 Å². The summed E-state index contributed by atoms with van der Waals surface area (Å²) < 4.78 is 17.6. The third-order valence-electron chi connectivity index (χ3n) is 3.14. The molecule has 5 heteroatoms. The molecule has 3 rings (SSSR count). The van der Waals surface area contributed by atoms with E-state index in [9.17, 15) is 0 Å². The Kier molecular flexibility index (Phi) is 4.29. The molecule has 0 atom stereocenters. The largest absolute Gasteiger partial charge is 0.497 e. The molecule has 0 radical (unpaired) electrons. The molecule has 1 aromatic carbocycles. The molecular formula is C16H16BrNO3. The number of hydrogen-bond acceptors (Lipinski definition) is 4. The van der Waals surface area contributed by atoms with E-state index in [4.69, 9.17) is 14.2 Å². The van der Waals surface area contributed by atoms with E-state index in [1.807, 2.05) is 30.3 Å². The molecule has 0 saturated heterocycles. The molecule has 1 aliphatic rings. The maximum Gasteiger partial charge on any atom is 0.257 e. The van der Waals surface area contributed by atoms with Gasteiger partial charge in [-0.25, -0.2) is 4.98 Å². The second-order valence-electron chi connectivity index (χ2n) is 4.91. The van der Waals surface area contributed by atoms with Crippen molar-refractivity contribution in [2.24, 2.45) is 0 Å². The number of ether oxygens (including phenoxy) is 3. The quantitative estimate of drug-likeness (QED) is 0.790. The van der Waals surface area contributed by atoms with Crippen LogP contribution < -0.4 is 14.2 Å². The monoisotopic (exact) mass is 349 g/mol. The number of halogens is 1. The number of benzene rings is 1. The van der Waals surface area contributed by atoms with E-state index < -0.39 is 0 Å². The van der Waals surface area contributed by atoms with Gasteiger partial charge in [-0.3, -0.25) is 0 Å². The summed E-state index contributed by atoms with van der Waals surface area (Å²) in [6.45, 7) is 0.444. The van der Waals surface area contributed by atoms with Crippen LogP contribution in [0, 0.1) is 0 Å². The van der Waals surface area contributed by atoms with Gasteiger partial charge in [0.1, 0.15) is 12.4 Å². The van der Waals surface area contributed by atoms with Gasteiger partial charge in [-0.2, -0.15) is 0 Å². The van der Waals surface area contributed by atoms with Crippen LogP contribution in [0.5, 0.6) is 17.4 Å². The van der Waals surface area contributed by atoms with Crippen molar-refractivity contribution in [3.05, 3.63) is 46.6 Å². The average molecular weight is 350 g/mol. The van der Waals surface area contributed by atoms with E-state index in [1.54, 1.807) is 13.3 Å². The number of hydrogen-bond donors (Lipinski definition) is 0. The zero-order chi connectivity index (χ0) is 14.7. The summed E-state index contributed by atoms with van der Waals surface area (Å²) in [4.78, 5) is 4.29. The molecule has 0 spiro atoms. The zero-order valence-corrected chi connectivity index (χ0v) is 13.3. The number of rotatable bonds is 6. The van der Waals surface area contributed by atoms with Gasteiger partial charge in [0.15, 0.2) is 5.75 Å². The first-order valence-electron chi connectivity index (χ1n) is 6.82. The second kappa shape index (κ2) is 6.35. The van der Waals surface area contributed by atoms with Crippen LogP contribution in [-0.2, 0) is 6.61 Å². The van der Waals surface area contributed by atoms with Gasteiger partial charge in [0.05, 0.1) is 13.2 Å². The van der Waals surface area contributed by atoms with E-state index in [-0.39, 0.29) is 0 Å². The summed E-state index contributed by atoms with van der Waals surface area (Å²) >= 11 is 3.41. The molecule has 2 aromatic rings. The van der Waals surface area contributed by atoms with E-state index >= 15 is 0 Å². The lowest BCUT2D eigenvalue weighted by molar-refractivity contribution is 0.245. The highest BCUT2D eigenvalue weighted by atomic mass is 79.9. The van der Waals surface area contributed by atoms with Gasteiger partial charge >= 0.3 is 0 Å². The summed E-state index contributed by atoms with van der Waals surface area (Å²) in [6, 6.07) is 9.66. The second-order valence-corrected chi connectivity index (χ2v) is 5.83. The van der Waals surface area contributed by atoms with Crippen LogP contribution >= 0.6 is 15.9 Å². The molecule has 0 N–H and O–H groups in total. The van der Waals surface area contributed by atoms with Crippen molar-refractivity contribution in [2.75, 3.05) is 7.11 Å². The number of nitrogens with zero attached hydrogens (tertiary/aromatic N) is 1. The zero-order valence-electron chi connectivity index (χ0n) is 11.7. The smallest absolute Gasteiger partial charge is 0.257 e. The summed E-state index contributed by atoms with van der Waals surface area (Å²) in [5, 5.41) is 0. The molecule has 0 unspecified atom stereocenters. The minimum absolute atomic E-state index is 0.310. The Morgan fingerprint density at radius 3 is 2.67 bits per heavy atom. The number of pyridine rings is 1. The predicted molar refractivity (Wildman–Crippen MR) is 82.9 cm³/mol. The Bertz CT molecular complexity index is 611. The van der Waals surface area contributed by atoms with Crippen LogP contribution in [0.15, 0.2) is 41.0 Å². The van der Waals surface area contributed by atoms with Crippen molar-refractivity contribution in [3.8, 4) is 17.4 Å². The Labute approximate surface area is 132 Å². The first-order chi connectivity index (χ1) is 10.2. The molecular weight excluding hydrogens is 334 g/mol. The Morgan fingerprint density at radius 1 is 1.24 bits per heavy atom. The predicted octanol–water partition coefficient (Wildman–Crippen LogP) is 3.97. The SMILES string of the molecule is COc1ccc(COc2ncc(Br)cc2OC2CC2)cc1. The van der Waals surface area contributed by atoms with Crippen molar-refractivity contribution < 1.29 is 14.2 Å². The van der Waals surface area contributed by atoms with Crippen molar-refractivity contribution >= 4 is 15.9 Å². The molecule has 1 saturated carbocycles. The van der Waals surface area contributed by atoms with Gasteiger partial charge in [-0.1, -0.05) is 12.1 Å². The normalized spacial score (nSPS) is 13.8. The standard InChI is InChI=1S/C16H16BrNO3/c1-19-13-4-2-11(3-5-13)10-20-16-15(21-14-6-7-14)8-12(17)9-18-16/h2-5,8-9,14H,6-7,10H2,1H3. The van der Waals surface area contributed by atoms with Crippen LogP contribution in [0.25, 0.3) is 0 Å².